The third-order valence-electron chi connectivity index (χ3n) is 6.51. The van der Waals surface area contributed by atoms with Crippen molar-refractivity contribution in [1.29, 1.82) is 0 Å². The number of hydrogen-bond acceptors (Lipinski definition) is 6. The molecule has 8 nitrogen and oxygen atoms in total. The van der Waals surface area contributed by atoms with Gasteiger partial charge in [-0.15, -0.1) is 4.40 Å². The highest BCUT2D eigenvalue weighted by molar-refractivity contribution is 7.90. The SMILES string of the molecule is O=C(NCc1ccccc1CN1CCOCC1)[C@@H]1CCCN1C1=NS(=O)(=O)c2ccccc21. The quantitative estimate of drug-likeness (QED) is 0.719. The molecule has 1 amide bonds. The number of amides is 1. The lowest BCUT2D eigenvalue weighted by Crippen LogP contribution is -2.45. The van der Waals surface area contributed by atoms with E-state index in [-0.39, 0.29) is 10.8 Å². The lowest BCUT2D eigenvalue weighted by atomic mass is 10.1. The summed E-state index contributed by atoms with van der Waals surface area (Å²) in [6.07, 6.45) is 1.48. The van der Waals surface area contributed by atoms with Crippen LogP contribution in [0.1, 0.15) is 29.5 Å². The Balaban J connectivity index is 1.28. The number of carbonyl (C=O) groups excluding carboxylic acids is 1. The summed E-state index contributed by atoms with van der Waals surface area (Å²) in [4.78, 5) is 17.6. The normalized spacial score (nSPS) is 22.1. The fraction of sp³-hybridized carbons (Fsp3) is 0.417. The first-order chi connectivity index (χ1) is 16.0. The second-order valence-electron chi connectivity index (χ2n) is 8.61. The predicted octanol–water partition coefficient (Wildman–Crippen LogP) is 1.75. The summed E-state index contributed by atoms with van der Waals surface area (Å²) in [6.45, 7) is 5.18. The number of nitrogens with one attached hydrogen (secondary N) is 1. The minimum absolute atomic E-state index is 0.0989. The molecule has 9 heteroatoms. The van der Waals surface area contributed by atoms with Crippen LogP contribution in [-0.4, -0.2) is 68.9 Å². The summed E-state index contributed by atoms with van der Waals surface area (Å²) in [7, 11) is -3.72. The van der Waals surface area contributed by atoms with E-state index in [1.807, 2.05) is 23.1 Å². The summed E-state index contributed by atoms with van der Waals surface area (Å²) in [5.74, 6) is 0.286. The van der Waals surface area contributed by atoms with Gasteiger partial charge in [-0.25, -0.2) is 0 Å². The monoisotopic (exact) mass is 468 g/mol. The highest BCUT2D eigenvalue weighted by Gasteiger charge is 2.39. The topological polar surface area (TPSA) is 91.3 Å². The van der Waals surface area contributed by atoms with E-state index in [2.05, 4.69) is 20.7 Å². The van der Waals surface area contributed by atoms with Gasteiger partial charge in [-0.2, -0.15) is 8.42 Å². The van der Waals surface area contributed by atoms with Crippen molar-refractivity contribution in [3.8, 4) is 0 Å². The van der Waals surface area contributed by atoms with Gasteiger partial charge in [0.2, 0.25) is 5.91 Å². The summed E-state index contributed by atoms with van der Waals surface area (Å²) >= 11 is 0. The molecule has 33 heavy (non-hydrogen) atoms. The summed E-state index contributed by atoms with van der Waals surface area (Å²) in [5, 5.41) is 3.09. The molecule has 3 heterocycles. The van der Waals surface area contributed by atoms with Gasteiger partial charge in [0.25, 0.3) is 10.0 Å². The van der Waals surface area contributed by atoms with E-state index in [0.29, 0.717) is 30.9 Å². The standard InChI is InChI=1S/C24H28N4O4S/c29-24(25-16-18-6-1-2-7-19(18)17-27-12-14-32-15-13-27)21-9-5-11-28(21)23-20-8-3-4-10-22(20)33(30,31)26-23/h1-4,6-8,10,21H,5,9,11-17H2,(H,25,29)/t21-/m0/s1. The fourth-order valence-corrected chi connectivity index (χ4v) is 5.99. The van der Waals surface area contributed by atoms with Crippen LogP contribution in [0.5, 0.6) is 0 Å². The Morgan fingerprint density at radius 3 is 2.58 bits per heavy atom. The molecule has 2 fully saturated rings. The molecule has 0 aromatic heterocycles. The van der Waals surface area contributed by atoms with E-state index in [4.69, 9.17) is 4.74 Å². The number of nitrogens with zero attached hydrogens (tertiary/aromatic N) is 3. The number of morpholine rings is 1. The van der Waals surface area contributed by atoms with Crippen LogP contribution in [0.3, 0.4) is 0 Å². The number of amidine groups is 1. The van der Waals surface area contributed by atoms with Crippen LogP contribution in [-0.2, 0) is 32.6 Å². The minimum atomic E-state index is -3.72. The minimum Gasteiger partial charge on any atom is -0.379 e. The molecular formula is C24H28N4O4S. The van der Waals surface area contributed by atoms with Crippen molar-refractivity contribution in [1.82, 2.24) is 15.1 Å². The Hall–Kier alpha value is -2.75. The van der Waals surface area contributed by atoms with Crippen LogP contribution in [0.25, 0.3) is 0 Å². The van der Waals surface area contributed by atoms with Crippen molar-refractivity contribution in [2.75, 3.05) is 32.8 Å². The first kappa shape index (κ1) is 22.1. The molecule has 5 rings (SSSR count). The number of fused-ring (bicyclic) bond motifs is 1. The molecule has 0 bridgehead atoms. The Labute approximate surface area is 194 Å². The maximum Gasteiger partial charge on any atom is 0.285 e. The summed E-state index contributed by atoms with van der Waals surface area (Å²) in [6, 6.07) is 14.5. The second kappa shape index (κ2) is 9.24. The molecule has 1 atom stereocenters. The molecule has 174 valence electrons. The molecule has 3 aliphatic rings. The van der Waals surface area contributed by atoms with Gasteiger partial charge in [0.1, 0.15) is 10.9 Å². The van der Waals surface area contributed by atoms with Crippen molar-refractivity contribution >= 4 is 21.8 Å². The molecule has 0 spiro atoms. The maximum absolute atomic E-state index is 13.2. The van der Waals surface area contributed by atoms with Crippen molar-refractivity contribution in [2.24, 2.45) is 4.40 Å². The van der Waals surface area contributed by atoms with Crippen LogP contribution < -0.4 is 5.32 Å². The zero-order valence-electron chi connectivity index (χ0n) is 18.4. The average molecular weight is 469 g/mol. The lowest BCUT2D eigenvalue weighted by molar-refractivity contribution is -0.124. The lowest BCUT2D eigenvalue weighted by Gasteiger charge is -2.28. The third-order valence-corrected chi connectivity index (χ3v) is 7.83. The Kier molecular flexibility index (Phi) is 6.18. The molecule has 3 aliphatic heterocycles. The zero-order chi connectivity index (χ0) is 22.8. The van der Waals surface area contributed by atoms with Gasteiger partial charge in [-0.1, -0.05) is 36.4 Å². The summed E-state index contributed by atoms with van der Waals surface area (Å²) in [5.41, 5.74) is 2.87. The van der Waals surface area contributed by atoms with E-state index < -0.39 is 16.1 Å². The smallest absolute Gasteiger partial charge is 0.285 e. The van der Waals surface area contributed by atoms with Gasteiger partial charge in [-0.05, 0) is 36.1 Å². The highest BCUT2D eigenvalue weighted by atomic mass is 32.2. The number of rotatable bonds is 5. The molecule has 1 N–H and O–H groups in total. The molecule has 2 aromatic carbocycles. The Bertz CT molecular complexity index is 1170. The molecule has 0 unspecified atom stereocenters. The average Bonchev–Trinajstić information content (AvgIpc) is 3.42. The van der Waals surface area contributed by atoms with E-state index >= 15 is 0 Å². The third kappa shape index (κ3) is 4.53. The first-order valence-corrected chi connectivity index (χ1v) is 12.8. The van der Waals surface area contributed by atoms with Gasteiger partial charge in [0.15, 0.2) is 5.84 Å². The number of hydrogen-bond donors (Lipinski definition) is 1. The molecule has 0 saturated carbocycles. The number of sulfonamides is 1. The van der Waals surface area contributed by atoms with Crippen molar-refractivity contribution in [3.05, 3.63) is 65.2 Å². The summed E-state index contributed by atoms with van der Waals surface area (Å²) < 4.78 is 34.4. The molecule has 0 radical (unpaired) electrons. The van der Waals surface area contributed by atoms with Crippen LogP contribution in [0.2, 0.25) is 0 Å². The van der Waals surface area contributed by atoms with Gasteiger partial charge in [-0.3, -0.25) is 9.69 Å². The van der Waals surface area contributed by atoms with E-state index in [1.54, 1.807) is 24.3 Å². The molecule has 2 aromatic rings. The second-order valence-corrected chi connectivity index (χ2v) is 10.2. The number of ether oxygens (including phenoxy) is 1. The van der Waals surface area contributed by atoms with Crippen LogP contribution >= 0.6 is 0 Å². The van der Waals surface area contributed by atoms with Gasteiger partial charge >= 0.3 is 0 Å². The van der Waals surface area contributed by atoms with Crippen molar-refractivity contribution in [2.45, 2.75) is 36.9 Å². The van der Waals surface area contributed by atoms with Crippen molar-refractivity contribution < 1.29 is 17.9 Å². The number of likely N-dealkylation sites (tertiary alicyclic amines) is 1. The van der Waals surface area contributed by atoms with Gasteiger partial charge in [0, 0.05) is 38.3 Å². The maximum atomic E-state index is 13.2. The highest BCUT2D eigenvalue weighted by Crippen LogP contribution is 2.31. The van der Waals surface area contributed by atoms with E-state index in [1.165, 1.54) is 5.56 Å². The number of benzene rings is 2. The molecule has 0 aliphatic carbocycles. The van der Waals surface area contributed by atoms with Gasteiger partial charge in [0.05, 0.1) is 13.2 Å². The zero-order valence-corrected chi connectivity index (χ0v) is 19.3. The van der Waals surface area contributed by atoms with Crippen LogP contribution in [0, 0.1) is 0 Å². The van der Waals surface area contributed by atoms with Gasteiger partial charge < -0.3 is 15.0 Å². The van der Waals surface area contributed by atoms with Crippen LogP contribution in [0.15, 0.2) is 57.8 Å². The van der Waals surface area contributed by atoms with Crippen LogP contribution in [0.4, 0.5) is 0 Å². The molecule has 2 saturated heterocycles. The predicted molar refractivity (Wildman–Crippen MR) is 124 cm³/mol. The van der Waals surface area contributed by atoms with E-state index in [9.17, 15) is 13.2 Å². The Morgan fingerprint density at radius 2 is 1.76 bits per heavy atom. The first-order valence-electron chi connectivity index (χ1n) is 11.4. The fourth-order valence-electron chi connectivity index (χ4n) is 4.77. The largest absolute Gasteiger partial charge is 0.379 e. The molecular weight excluding hydrogens is 440 g/mol. The number of carbonyl (C=O) groups is 1. The van der Waals surface area contributed by atoms with E-state index in [0.717, 1.165) is 44.8 Å². The Morgan fingerprint density at radius 1 is 1.03 bits per heavy atom. The van der Waals surface area contributed by atoms with Crippen molar-refractivity contribution in [3.63, 3.8) is 0 Å².